The average Bonchev–Trinajstić information content (AvgIpc) is 3.02. The smallest absolute Gasteiger partial charge is 0.252 e. The summed E-state index contributed by atoms with van der Waals surface area (Å²) in [5.74, 6) is -1.56. The predicted octanol–water partition coefficient (Wildman–Crippen LogP) is 1.72. The van der Waals surface area contributed by atoms with Crippen LogP contribution in [0.5, 0.6) is 0 Å². The van der Waals surface area contributed by atoms with Crippen LogP contribution in [-0.2, 0) is 40.4 Å². The normalized spacial score (nSPS) is 16.6. The van der Waals surface area contributed by atoms with Gasteiger partial charge in [0.25, 0.3) is 5.91 Å². The molecule has 3 rings (SSSR count). The van der Waals surface area contributed by atoms with Gasteiger partial charge in [-0.15, -0.1) is 0 Å². The lowest BCUT2D eigenvalue weighted by molar-refractivity contribution is -0.144. The van der Waals surface area contributed by atoms with E-state index in [9.17, 15) is 28.2 Å². The molecule has 0 spiro atoms. The molecule has 3 atom stereocenters. The number of carbonyl (C=O) groups excluding carboxylic acids is 2. The number of ether oxygens (including phenoxy) is 3. The molecule has 0 saturated heterocycles. The molecule has 0 radical (unpaired) electrons. The third-order valence-corrected chi connectivity index (χ3v) is 9.15. The number of halogens is 2. The zero-order chi connectivity index (χ0) is 33.0. The molecule has 12 nitrogen and oxygen atoms in total. The number of benzene rings is 2. The Balaban J connectivity index is 1.31. The fourth-order valence-electron chi connectivity index (χ4n) is 4.78. The molecule has 45 heavy (non-hydrogen) atoms. The van der Waals surface area contributed by atoms with Gasteiger partial charge in [-0.2, -0.15) is 0 Å². The van der Waals surface area contributed by atoms with Crippen LogP contribution in [0.25, 0.3) is 0 Å². The first-order valence-electron chi connectivity index (χ1n) is 14.6. The molecule has 2 aromatic rings. The molecule has 0 saturated carbocycles. The predicted molar refractivity (Wildman–Crippen MR) is 169 cm³/mol. The van der Waals surface area contributed by atoms with Gasteiger partial charge >= 0.3 is 0 Å². The number of rotatable bonds is 19. The van der Waals surface area contributed by atoms with Crippen LogP contribution in [-0.4, -0.2) is 114 Å². The van der Waals surface area contributed by atoms with E-state index in [4.69, 9.17) is 37.4 Å². The summed E-state index contributed by atoms with van der Waals surface area (Å²) in [6.07, 6.45) is -3.56. The molecule has 1 amide bonds. The van der Waals surface area contributed by atoms with Gasteiger partial charge in [0.1, 0.15) is 6.10 Å². The van der Waals surface area contributed by atoms with Crippen molar-refractivity contribution < 1.29 is 42.4 Å². The van der Waals surface area contributed by atoms with Gasteiger partial charge in [-0.3, -0.25) is 9.59 Å². The van der Waals surface area contributed by atoms with Crippen LogP contribution in [0.4, 0.5) is 0 Å². The zero-order valence-corrected chi connectivity index (χ0v) is 27.7. The first-order valence-corrected chi connectivity index (χ1v) is 16.8. The van der Waals surface area contributed by atoms with Crippen molar-refractivity contribution in [2.24, 2.45) is 0 Å². The molecular formula is C30H41Cl2N3O9S. The Morgan fingerprint density at radius 1 is 0.978 bits per heavy atom. The van der Waals surface area contributed by atoms with E-state index >= 15 is 0 Å². The summed E-state index contributed by atoms with van der Waals surface area (Å²) < 4.78 is 44.7. The molecule has 4 N–H and O–H groups in total. The quantitative estimate of drug-likeness (QED) is 0.160. The van der Waals surface area contributed by atoms with E-state index in [-0.39, 0.29) is 70.0 Å². The maximum atomic E-state index is 13.0. The van der Waals surface area contributed by atoms with Gasteiger partial charge in [-0.05, 0) is 48.0 Å². The Hall–Kier alpha value is -2.17. The highest BCUT2D eigenvalue weighted by molar-refractivity contribution is 7.89. The number of aliphatic hydroxyl groups is 2. The zero-order valence-electron chi connectivity index (χ0n) is 25.3. The van der Waals surface area contributed by atoms with E-state index in [1.54, 1.807) is 24.3 Å². The minimum atomic E-state index is -3.77. The van der Waals surface area contributed by atoms with Gasteiger partial charge in [-0.25, -0.2) is 13.1 Å². The van der Waals surface area contributed by atoms with Gasteiger partial charge in [-0.1, -0.05) is 42.3 Å². The largest absolute Gasteiger partial charge is 0.382 e. The Morgan fingerprint density at radius 2 is 1.62 bits per heavy atom. The van der Waals surface area contributed by atoms with Crippen molar-refractivity contribution in [1.29, 1.82) is 0 Å². The summed E-state index contributed by atoms with van der Waals surface area (Å²) in [5, 5.41) is 22.7. The maximum Gasteiger partial charge on any atom is 0.252 e. The minimum absolute atomic E-state index is 0.0103. The number of hydrogen-bond acceptors (Lipinski definition) is 10. The number of amides is 1. The second-order valence-electron chi connectivity index (χ2n) is 10.5. The van der Waals surface area contributed by atoms with Gasteiger partial charge in [0.15, 0.2) is 11.9 Å². The lowest BCUT2D eigenvalue weighted by Gasteiger charge is -2.33. The van der Waals surface area contributed by atoms with Crippen molar-refractivity contribution in [3.05, 3.63) is 63.1 Å². The molecule has 3 unspecified atom stereocenters. The Labute approximate surface area is 274 Å². The molecule has 250 valence electrons. The molecule has 0 bridgehead atoms. The summed E-state index contributed by atoms with van der Waals surface area (Å²) in [5.41, 5.74) is 2.84. The van der Waals surface area contributed by atoms with Gasteiger partial charge in [0, 0.05) is 48.6 Å². The SMILES string of the molecule is CCC(=O)C(O)C(O)C(=O)NCCOCCOCCOCCNS(=O)(=O)c1cccc(C2CN(C)Cc3c(Cl)cc(Cl)cc32)c1. The number of sulfonamides is 1. The minimum Gasteiger partial charge on any atom is -0.382 e. The van der Waals surface area contributed by atoms with Crippen LogP contribution in [0.2, 0.25) is 10.0 Å². The molecule has 15 heteroatoms. The number of carbonyl (C=O) groups is 2. The number of ketones is 1. The topological polar surface area (TPSA) is 164 Å². The highest BCUT2D eigenvalue weighted by Crippen LogP contribution is 2.38. The lowest BCUT2D eigenvalue weighted by atomic mass is 9.85. The summed E-state index contributed by atoms with van der Waals surface area (Å²) >= 11 is 12.8. The Morgan fingerprint density at radius 3 is 2.29 bits per heavy atom. The van der Waals surface area contributed by atoms with Crippen LogP contribution in [0, 0.1) is 0 Å². The number of likely N-dealkylation sites (N-methyl/N-ethyl adjacent to an activating group) is 1. The van der Waals surface area contributed by atoms with E-state index < -0.39 is 33.9 Å². The van der Waals surface area contributed by atoms with E-state index in [0.29, 0.717) is 23.1 Å². The van der Waals surface area contributed by atoms with Crippen LogP contribution < -0.4 is 10.0 Å². The van der Waals surface area contributed by atoms with E-state index in [2.05, 4.69) is 14.9 Å². The van der Waals surface area contributed by atoms with Gasteiger partial charge in [0.05, 0.1) is 44.5 Å². The average molecular weight is 691 g/mol. The maximum absolute atomic E-state index is 13.0. The lowest BCUT2D eigenvalue weighted by Crippen LogP contribution is -2.46. The number of Topliss-reactive ketones (excluding diaryl/α,β-unsaturated/α-hetero) is 1. The van der Waals surface area contributed by atoms with Crippen molar-refractivity contribution in [2.75, 3.05) is 66.3 Å². The second kappa shape index (κ2) is 18.2. The summed E-state index contributed by atoms with van der Waals surface area (Å²) in [4.78, 5) is 25.4. The van der Waals surface area contributed by atoms with Crippen molar-refractivity contribution in [1.82, 2.24) is 14.9 Å². The standard InChI is InChI=1S/C30H41Cl2N3O9S/c1-3-27(36)28(37)29(38)30(39)33-7-9-42-11-13-44-14-12-43-10-8-34-45(40,41)22-6-4-5-20(15-22)24-18-35(2)19-25-23(24)16-21(31)17-26(25)32/h4-6,15-17,24,28-29,34,37-38H,3,7-14,18-19H2,1-2H3,(H,33,39). The number of nitrogens with zero attached hydrogens (tertiary/aromatic N) is 1. The van der Waals surface area contributed by atoms with E-state index in [1.165, 1.54) is 6.92 Å². The highest BCUT2D eigenvalue weighted by Gasteiger charge is 2.29. The molecule has 0 aromatic heterocycles. The van der Waals surface area contributed by atoms with Crippen molar-refractivity contribution >= 4 is 44.9 Å². The third-order valence-electron chi connectivity index (χ3n) is 7.14. The fraction of sp³-hybridized carbons (Fsp3) is 0.533. The summed E-state index contributed by atoms with van der Waals surface area (Å²) in [7, 11) is -1.78. The van der Waals surface area contributed by atoms with Crippen LogP contribution in [0.3, 0.4) is 0 Å². The number of hydrogen-bond donors (Lipinski definition) is 4. The molecule has 0 aliphatic carbocycles. The summed E-state index contributed by atoms with van der Waals surface area (Å²) in [6, 6.07) is 10.5. The fourth-order valence-corrected chi connectivity index (χ4v) is 6.42. The first-order chi connectivity index (χ1) is 21.4. The number of aliphatic hydroxyl groups excluding tert-OH is 2. The molecule has 1 aliphatic heterocycles. The first kappa shape index (κ1) is 37.3. The van der Waals surface area contributed by atoms with E-state index in [0.717, 1.165) is 16.7 Å². The van der Waals surface area contributed by atoms with E-state index in [1.807, 2.05) is 19.2 Å². The molecule has 1 aliphatic rings. The molecule has 1 heterocycles. The number of fused-ring (bicyclic) bond motifs is 1. The second-order valence-corrected chi connectivity index (χ2v) is 13.1. The molecule has 0 fully saturated rings. The van der Waals surface area contributed by atoms with Gasteiger partial charge in [0.2, 0.25) is 10.0 Å². The van der Waals surface area contributed by atoms with Crippen LogP contribution >= 0.6 is 23.2 Å². The van der Waals surface area contributed by atoms with Crippen LogP contribution in [0.15, 0.2) is 41.3 Å². The van der Waals surface area contributed by atoms with Crippen molar-refractivity contribution in [3.8, 4) is 0 Å². The third kappa shape index (κ3) is 11.2. The van der Waals surface area contributed by atoms with Gasteiger partial charge < -0.3 is 34.6 Å². The number of nitrogens with one attached hydrogen (secondary N) is 2. The molecule has 2 aromatic carbocycles. The van der Waals surface area contributed by atoms with Crippen molar-refractivity contribution in [2.45, 2.75) is 42.9 Å². The summed E-state index contributed by atoms with van der Waals surface area (Å²) in [6.45, 7) is 4.42. The van der Waals surface area contributed by atoms with Crippen LogP contribution in [0.1, 0.15) is 36.0 Å². The molecular weight excluding hydrogens is 649 g/mol. The van der Waals surface area contributed by atoms with Crippen molar-refractivity contribution in [3.63, 3.8) is 0 Å². The highest BCUT2D eigenvalue weighted by atomic mass is 35.5. The monoisotopic (exact) mass is 689 g/mol. The Bertz CT molecular complexity index is 1400. The Kier molecular flexibility index (Phi) is 15.1.